The largest absolute Gasteiger partial charge is 0.508 e. The predicted molar refractivity (Wildman–Crippen MR) is 218 cm³/mol. The first kappa shape index (κ1) is 42.1. The van der Waals surface area contributed by atoms with Gasteiger partial charge in [0.15, 0.2) is 29.2 Å². The number of allylic oxidation sites excluding steroid dienone is 1. The molecule has 1 heterocycles. The number of ketones is 2. The maximum atomic E-state index is 17.9. The van der Waals surface area contributed by atoms with Crippen LogP contribution in [-0.4, -0.2) is 79.0 Å². The van der Waals surface area contributed by atoms with Gasteiger partial charge in [0.2, 0.25) is 5.78 Å². The van der Waals surface area contributed by atoms with Gasteiger partial charge in [0.05, 0.1) is 36.1 Å². The number of hydrogen-bond acceptors (Lipinski definition) is 12. The molecule has 13 heteroatoms. The fourth-order valence-electron chi connectivity index (χ4n) is 9.07. The van der Waals surface area contributed by atoms with Crippen molar-refractivity contribution < 1.29 is 47.7 Å². The van der Waals surface area contributed by atoms with Gasteiger partial charge in [0, 0.05) is 44.4 Å². The second-order valence-corrected chi connectivity index (χ2v) is 15.9. The zero-order chi connectivity index (χ0) is 42.0. The standard InChI is InChI=1S/C46H54FN3O9/c1-7-9-21-57-40-33-30(36(47)34(45(55-5)56-6)38(40)50(25-27-17-13-11-14-18-27)26-28-19-15-12-16-20-28)23-29-24-31-37(49(3)4)41-35(44(48-59-41)58-22-10-8-2)43(53)46(31,54)42(52)32(29)39(33)51/h11-20,29,31,37,45,52,54H,7-10,21-26H2,1-6H3/t29-,31-,37-,46-/m0/s1. The molecule has 3 aliphatic carbocycles. The van der Waals surface area contributed by atoms with Crippen molar-refractivity contribution in [3.05, 3.63) is 117 Å². The summed E-state index contributed by atoms with van der Waals surface area (Å²) in [6.45, 7) is 5.06. The first-order valence-electron chi connectivity index (χ1n) is 20.4. The number of aromatic nitrogens is 1. The smallest absolute Gasteiger partial charge is 0.265 e. The quantitative estimate of drug-likeness (QED) is 0.0786. The summed E-state index contributed by atoms with van der Waals surface area (Å²) in [7, 11) is 6.39. The molecule has 4 atom stereocenters. The molecule has 0 fully saturated rings. The van der Waals surface area contributed by atoms with Gasteiger partial charge >= 0.3 is 0 Å². The lowest BCUT2D eigenvalue weighted by Crippen LogP contribution is -2.59. The molecule has 3 aliphatic rings. The highest BCUT2D eigenvalue weighted by Gasteiger charge is 2.64. The SMILES string of the molecule is CCCCOc1noc2c1C(=O)[C@@]1(O)C(O)=C3C(=O)c4c(c(F)c(C(OC)OC)c(N(Cc5ccccc5)Cc5ccccc5)c4OCCCC)C[C@H]3C[C@H]1[C@@H]2N(C)C. The number of aliphatic hydroxyl groups excluding tert-OH is 1. The number of hydrogen-bond donors (Lipinski definition) is 2. The molecule has 7 rings (SSSR count). The lowest BCUT2D eigenvalue weighted by Gasteiger charge is -2.49. The molecule has 0 bridgehead atoms. The summed E-state index contributed by atoms with van der Waals surface area (Å²) in [6, 6.07) is 18.6. The summed E-state index contributed by atoms with van der Waals surface area (Å²) in [4.78, 5) is 33.6. The summed E-state index contributed by atoms with van der Waals surface area (Å²) in [6.07, 6.45) is 1.74. The van der Waals surface area contributed by atoms with Crippen LogP contribution in [0.5, 0.6) is 11.6 Å². The van der Waals surface area contributed by atoms with Crippen LogP contribution in [0.1, 0.15) is 107 Å². The zero-order valence-electron chi connectivity index (χ0n) is 34.6. The Labute approximate surface area is 344 Å². The summed E-state index contributed by atoms with van der Waals surface area (Å²) in [5, 5.41) is 29.1. The topological polar surface area (TPSA) is 144 Å². The molecule has 0 unspecified atom stereocenters. The van der Waals surface area contributed by atoms with E-state index in [1.165, 1.54) is 14.2 Å². The highest BCUT2D eigenvalue weighted by atomic mass is 19.1. The minimum Gasteiger partial charge on any atom is -0.508 e. The maximum absolute atomic E-state index is 17.9. The monoisotopic (exact) mass is 811 g/mol. The number of methoxy groups -OCH3 is 2. The number of ether oxygens (including phenoxy) is 4. The Bertz CT molecular complexity index is 2140. The van der Waals surface area contributed by atoms with Gasteiger partial charge in [-0.25, -0.2) is 4.39 Å². The summed E-state index contributed by atoms with van der Waals surface area (Å²) >= 11 is 0. The number of anilines is 1. The van der Waals surface area contributed by atoms with Crippen LogP contribution in [-0.2, 0) is 29.0 Å². The van der Waals surface area contributed by atoms with Crippen molar-refractivity contribution in [1.29, 1.82) is 0 Å². The van der Waals surface area contributed by atoms with Crippen LogP contribution >= 0.6 is 0 Å². The molecular formula is C46H54FN3O9. The van der Waals surface area contributed by atoms with Crippen molar-refractivity contribution in [3.63, 3.8) is 0 Å². The number of unbranched alkanes of at least 4 members (excludes halogenated alkanes) is 2. The number of aliphatic hydroxyl groups is 2. The van der Waals surface area contributed by atoms with Crippen LogP contribution in [0, 0.1) is 17.7 Å². The van der Waals surface area contributed by atoms with Gasteiger partial charge in [-0.05, 0) is 62.0 Å². The number of carbonyl (C=O) groups excluding carboxylic acids is 2. The van der Waals surface area contributed by atoms with E-state index in [-0.39, 0.29) is 77.0 Å². The number of halogens is 1. The first-order valence-corrected chi connectivity index (χ1v) is 20.4. The molecule has 314 valence electrons. The number of Topliss-reactive ketones (excluding diaryl/α,β-unsaturated/α-hetero) is 2. The van der Waals surface area contributed by atoms with Crippen LogP contribution in [0.2, 0.25) is 0 Å². The molecule has 12 nitrogen and oxygen atoms in total. The highest BCUT2D eigenvalue weighted by molar-refractivity contribution is 6.17. The van der Waals surface area contributed by atoms with E-state index in [1.807, 2.05) is 79.4 Å². The molecule has 59 heavy (non-hydrogen) atoms. The number of carbonyl (C=O) groups is 2. The van der Waals surface area contributed by atoms with E-state index in [2.05, 4.69) is 5.16 Å². The fraction of sp³-hybridized carbons (Fsp3) is 0.457. The first-order chi connectivity index (χ1) is 28.5. The van der Waals surface area contributed by atoms with Crippen LogP contribution in [0.4, 0.5) is 10.1 Å². The van der Waals surface area contributed by atoms with Crippen molar-refractivity contribution in [2.24, 2.45) is 11.8 Å². The predicted octanol–water partition coefficient (Wildman–Crippen LogP) is 8.09. The van der Waals surface area contributed by atoms with E-state index in [4.69, 9.17) is 23.5 Å². The van der Waals surface area contributed by atoms with Crippen molar-refractivity contribution in [3.8, 4) is 11.6 Å². The van der Waals surface area contributed by atoms with Crippen LogP contribution in [0.25, 0.3) is 0 Å². The van der Waals surface area contributed by atoms with Crippen molar-refractivity contribution in [2.75, 3.05) is 46.4 Å². The Morgan fingerprint density at radius 2 is 1.51 bits per heavy atom. The lowest BCUT2D eigenvalue weighted by molar-refractivity contribution is -0.107. The van der Waals surface area contributed by atoms with E-state index in [1.54, 1.807) is 19.0 Å². The van der Waals surface area contributed by atoms with Crippen molar-refractivity contribution >= 4 is 17.3 Å². The Kier molecular flexibility index (Phi) is 12.6. The van der Waals surface area contributed by atoms with E-state index < -0.39 is 52.9 Å². The Hall–Kier alpha value is -5.08. The molecule has 0 saturated carbocycles. The molecule has 3 aromatic carbocycles. The van der Waals surface area contributed by atoms with Gasteiger partial charge in [-0.2, -0.15) is 0 Å². The molecule has 4 aromatic rings. The molecule has 0 spiro atoms. The minimum absolute atomic E-state index is 0.0382. The summed E-state index contributed by atoms with van der Waals surface area (Å²) < 4.78 is 47.7. The zero-order valence-corrected chi connectivity index (χ0v) is 34.6. The third-order valence-corrected chi connectivity index (χ3v) is 11.9. The van der Waals surface area contributed by atoms with Gasteiger partial charge in [-0.1, -0.05) is 87.4 Å². The molecule has 0 amide bonds. The average molecular weight is 812 g/mol. The molecule has 1 aromatic heterocycles. The molecule has 0 radical (unpaired) electrons. The summed E-state index contributed by atoms with van der Waals surface area (Å²) in [5.74, 6) is -4.59. The van der Waals surface area contributed by atoms with Gasteiger partial charge < -0.3 is 38.6 Å². The van der Waals surface area contributed by atoms with Gasteiger partial charge in [0.25, 0.3) is 5.88 Å². The van der Waals surface area contributed by atoms with Gasteiger partial charge in [-0.15, -0.1) is 0 Å². The maximum Gasteiger partial charge on any atom is 0.265 e. The molecule has 2 N–H and O–H groups in total. The molecule has 0 saturated heterocycles. The van der Waals surface area contributed by atoms with Crippen LogP contribution in [0.3, 0.4) is 0 Å². The Morgan fingerprint density at radius 3 is 2.07 bits per heavy atom. The minimum atomic E-state index is -2.54. The van der Waals surface area contributed by atoms with E-state index in [0.29, 0.717) is 25.9 Å². The normalized spacial score (nSPS) is 21.0. The van der Waals surface area contributed by atoms with Crippen molar-refractivity contribution in [2.45, 2.75) is 83.4 Å². The third-order valence-electron chi connectivity index (χ3n) is 11.9. The van der Waals surface area contributed by atoms with E-state index in [0.717, 1.165) is 24.0 Å². The van der Waals surface area contributed by atoms with Crippen molar-refractivity contribution in [1.82, 2.24) is 10.1 Å². The van der Waals surface area contributed by atoms with Crippen LogP contribution in [0.15, 0.2) is 76.5 Å². The second kappa shape index (κ2) is 17.6. The van der Waals surface area contributed by atoms with Crippen LogP contribution < -0.4 is 14.4 Å². The lowest BCUT2D eigenvalue weighted by atomic mass is 9.58. The van der Waals surface area contributed by atoms with E-state index >= 15 is 9.18 Å². The van der Waals surface area contributed by atoms with Gasteiger partial charge in [-0.3, -0.25) is 14.5 Å². The fourth-order valence-corrected chi connectivity index (χ4v) is 9.07. The van der Waals surface area contributed by atoms with Gasteiger partial charge in [0.1, 0.15) is 17.1 Å². The molecular weight excluding hydrogens is 758 g/mol. The highest BCUT2D eigenvalue weighted by Crippen LogP contribution is 2.58. The van der Waals surface area contributed by atoms with E-state index in [9.17, 15) is 15.0 Å². The number of nitrogens with zero attached hydrogens (tertiary/aromatic N) is 3. The average Bonchev–Trinajstić information content (AvgIpc) is 3.64. The number of benzene rings is 3. The Balaban J connectivity index is 1.46. The second-order valence-electron chi connectivity index (χ2n) is 15.9. The number of fused-ring (bicyclic) bond motifs is 4. The third kappa shape index (κ3) is 7.43. The molecule has 0 aliphatic heterocycles. The summed E-state index contributed by atoms with van der Waals surface area (Å²) in [5.41, 5.74) is -0.571. The number of rotatable bonds is 17. The Morgan fingerprint density at radius 1 is 0.915 bits per heavy atom.